The number of nitrogens with zero attached hydrogens (tertiary/aromatic N) is 1. The maximum atomic E-state index is 12.0. The van der Waals surface area contributed by atoms with Crippen LogP contribution in [0.15, 0.2) is 39.7 Å². The summed E-state index contributed by atoms with van der Waals surface area (Å²) in [6.07, 6.45) is 1.61. The standard InChI is InChI=1S/C16H10ClNO4S2/c1-18-14(19)13(24-16(18)23)7-9-3-5-12(22-9)8-2-4-11(17)10(6-8)15(20)21/h2-7H,1H3,(H,20,21). The molecule has 0 saturated carbocycles. The first-order chi connectivity index (χ1) is 11.4. The van der Waals surface area contributed by atoms with Crippen LogP contribution in [0.5, 0.6) is 0 Å². The molecular weight excluding hydrogens is 370 g/mol. The summed E-state index contributed by atoms with van der Waals surface area (Å²) in [6.45, 7) is 0. The lowest BCUT2D eigenvalue weighted by atomic mass is 10.1. The fourth-order valence-corrected chi connectivity index (χ4v) is 3.46. The summed E-state index contributed by atoms with van der Waals surface area (Å²) in [7, 11) is 1.62. The number of amides is 1. The van der Waals surface area contributed by atoms with E-state index in [4.69, 9.17) is 33.3 Å². The molecule has 5 nitrogen and oxygen atoms in total. The second-order valence-electron chi connectivity index (χ2n) is 4.94. The van der Waals surface area contributed by atoms with Gasteiger partial charge in [-0.3, -0.25) is 9.69 Å². The van der Waals surface area contributed by atoms with E-state index in [-0.39, 0.29) is 16.5 Å². The van der Waals surface area contributed by atoms with E-state index in [1.807, 2.05) is 0 Å². The van der Waals surface area contributed by atoms with Gasteiger partial charge in [0.25, 0.3) is 5.91 Å². The summed E-state index contributed by atoms with van der Waals surface area (Å²) >= 11 is 12.1. The summed E-state index contributed by atoms with van der Waals surface area (Å²) < 4.78 is 6.17. The van der Waals surface area contributed by atoms with Crippen molar-refractivity contribution in [3.8, 4) is 11.3 Å². The molecule has 0 aliphatic carbocycles. The molecule has 2 aromatic rings. The highest BCUT2D eigenvalue weighted by atomic mass is 35.5. The van der Waals surface area contributed by atoms with Gasteiger partial charge in [-0.25, -0.2) is 4.79 Å². The Balaban J connectivity index is 1.92. The molecule has 8 heteroatoms. The second kappa shape index (κ2) is 6.43. The van der Waals surface area contributed by atoms with E-state index >= 15 is 0 Å². The lowest BCUT2D eigenvalue weighted by Gasteiger charge is -2.03. The molecule has 3 rings (SSSR count). The highest BCUT2D eigenvalue weighted by Gasteiger charge is 2.29. The van der Waals surface area contributed by atoms with Gasteiger partial charge in [-0.2, -0.15) is 0 Å². The monoisotopic (exact) mass is 379 g/mol. The number of rotatable bonds is 3. The van der Waals surface area contributed by atoms with Gasteiger partial charge in [-0.05, 0) is 30.3 Å². The van der Waals surface area contributed by atoms with Crippen molar-refractivity contribution in [3.05, 3.63) is 51.6 Å². The van der Waals surface area contributed by atoms with Crippen molar-refractivity contribution in [3.63, 3.8) is 0 Å². The molecular formula is C16H10ClNO4S2. The highest BCUT2D eigenvalue weighted by molar-refractivity contribution is 8.26. The van der Waals surface area contributed by atoms with E-state index in [9.17, 15) is 9.59 Å². The third-order valence-electron chi connectivity index (χ3n) is 3.37. The number of benzene rings is 1. The number of carbonyl (C=O) groups excluding carboxylic acids is 1. The molecule has 122 valence electrons. The van der Waals surface area contributed by atoms with E-state index in [0.29, 0.717) is 26.3 Å². The van der Waals surface area contributed by atoms with E-state index in [1.165, 1.54) is 28.8 Å². The van der Waals surface area contributed by atoms with Crippen molar-refractivity contribution in [1.82, 2.24) is 4.90 Å². The van der Waals surface area contributed by atoms with Gasteiger partial charge < -0.3 is 9.52 Å². The molecule has 1 aliphatic rings. The van der Waals surface area contributed by atoms with Gasteiger partial charge in [-0.1, -0.05) is 35.6 Å². The summed E-state index contributed by atoms with van der Waals surface area (Å²) in [5.74, 6) is -0.332. The Bertz CT molecular complexity index is 903. The zero-order chi connectivity index (χ0) is 17.4. The molecule has 1 N–H and O–H groups in total. The molecule has 1 aromatic heterocycles. The second-order valence-corrected chi connectivity index (χ2v) is 7.03. The Morgan fingerprint density at radius 2 is 2.12 bits per heavy atom. The van der Waals surface area contributed by atoms with Crippen LogP contribution in [0.1, 0.15) is 16.1 Å². The maximum absolute atomic E-state index is 12.0. The normalized spacial score (nSPS) is 16.2. The molecule has 0 bridgehead atoms. The number of hydrogen-bond donors (Lipinski definition) is 1. The van der Waals surface area contributed by atoms with Crippen LogP contribution in [-0.2, 0) is 4.79 Å². The number of furan rings is 1. The van der Waals surface area contributed by atoms with Gasteiger partial charge in [0.15, 0.2) is 0 Å². The zero-order valence-corrected chi connectivity index (χ0v) is 14.7. The Labute approximate surface area is 151 Å². The minimum absolute atomic E-state index is 0.000953. The van der Waals surface area contributed by atoms with Gasteiger partial charge in [-0.15, -0.1) is 0 Å². The number of thioether (sulfide) groups is 1. The number of carboxylic acid groups (broad SMARTS) is 1. The van der Waals surface area contributed by atoms with Crippen molar-refractivity contribution in [2.24, 2.45) is 0 Å². The first-order valence-electron chi connectivity index (χ1n) is 6.71. The first-order valence-corrected chi connectivity index (χ1v) is 8.31. The van der Waals surface area contributed by atoms with Crippen LogP contribution in [0.25, 0.3) is 17.4 Å². The number of likely N-dealkylation sites (N-methyl/N-ethyl adjacent to an activating group) is 1. The van der Waals surface area contributed by atoms with Crippen LogP contribution in [0.4, 0.5) is 0 Å². The fourth-order valence-electron chi connectivity index (χ4n) is 2.10. The minimum atomic E-state index is -1.11. The van der Waals surface area contributed by atoms with Gasteiger partial charge in [0.2, 0.25) is 0 Å². The number of aromatic carboxylic acids is 1. The van der Waals surface area contributed by atoms with Gasteiger partial charge in [0, 0.05) is 18.7 Å². The average Bonchev–Trinajstić information content (AvgIpc) is 3.09. The molecule has 24 heavy (non-hydrogen) atoms. The zero-order valence-electron chi connectivity index (χ0n) is 12.3. The molecule has 1 aromatic carbocycles. The van der Waals surface area contributed by atoms with Crippen molar-refractivity contribution in [2.45, 2.75) is 0 Å². The van der Waals surface area contributed by atoms with Gasteiger partial charge in [0.05, 0.1) is 15.5 Å². The predicted molar refractivity (Wildman–Crippen MR) is 97.0 cm³/mol. The maximum Gasteiger partial charge on any atom is 0.337 e. The summed E-state index contributed by atoms with van der Waals surface area (Å²) in [4.78, 5) is 25.0. The molecule has 0 radical (unpaired) electrons. The van der Waals surface area contributed by atoms with Crippen LogP contribution in [0.2, 0.25) is 5.02 Å². The molecule has 1 saturated heterocycles. The summed E-state index contributed by atoms with van der Waals surface area (Å²) in [6, 6.07) is 8.02. The molecule has 0 unspecified atom stereocenters. The Morgan fingerprint density at radius 3 is 2.75 bits per heavy atom. The topological polar surface area (TPSA) is 70.8 Å². The Kier molecular flexibility index (Phi) is 4.49. The third-order valence-corrected chi connectivity index (χ3v) is 5.18. The number of hydrogen-bond acceptors (Lipinski definition) is 5. The Morgan fingerprint density at radius 1 is 1.38 bits per heavy atom. The van der Waals surface area contributed by atoms with Crippen LogP contribution >= 0.6 is 35.6 Å². The molecule has 0 spiro atoms. The number of thiocarbonyl (C=S) groups is 1. The van der Waals surface area contributed by atoms with E-state index in [0.717, 1.165) is 0 Å². The van der Waals surface area contributed by atoms with Crippen molar-refractivity contribution in [1.29, 1.82) is 0 Å². The van der Waals surface area contributed by atoms with Gasteiger partial charge in [0.1, 0.15) is 15.8 Å². The predicted octanol–water partition coefficient (Wildman–Crippen LogP) is 4.13. The third kappa shape index (κ3) is 3.10. The minimum Gasteiger partial charge on any atom is -0.478 e. The Hall–Kier alpha value is -2.09. The van der Waals surface area contributed by atoms with Crippen LogP contribution in [0.3, 0.4) is 0 Å². The first kappa shape index (κ1) is 16.8. The molecule has 2 heterocycles. The average molecular weight is 380 g/mol. The largest absolute Gasteiger partial charge is 0.478 e. The molecule has 1 aliphatic heterocycles. The van der Waals surface area contributed by atoms with Crippen molar-refractivity contribution < 1.29 is 19.1 Å². The van der Waals surface area contributed by atoms with E-state index < -0.39 is 5.97 Å². The SMILES string of the molecule is CN1C(=O)C(=Cc2ccc(-c3ccc(Cl)c(C(=O)O)c3)o2)SC1=S. The van der Waals surface area contributed by atoms with Gasteiger partial charge >= 0.3 is 5.97 Å². The molecule has 1 amide bonds. The van der Waals surface area contributed by atoms with Crippen LogP contribution < -0.4 is 0 Å². The lowest BCUT2D eigenvalue weighted by molar-refractivity contribution is -0.121. The number of halogens is 1. The summed E-state index contributed by atoms with van der Waals surface area (Å²) in [5.41, 5.74) is 0.582. The van der Waals surface area contributed by atoms with E-state index in [1.54, 1.807) is 31.3 Å². The highest BCUT2D eigenvalue weighted by Crippen LogP contribution is 2.33. The van der Waals surface area contributed by atoms with Crippen LogP contribution in [0, 0.1) is 0 Å². The van der Waals surface area contributed by atoms with Crippen molar-refractivity contribution in [2.75, 3.05) is 7.05 Å². The number of carbonyl (C=O) groups is 2. The summed E-state index contributed by atoms with van der Waals surface area (Å²) in [5, 5.41) is 9.29. The smallest absolute Gasteiger partial charge is 0.337 e. The fraction of sp³-hybridized carbons (Fsp3) is 0.0625. The van der Waals surface area contributed by atoms with E-state index in [2.05, 4.69) is 0 Å². The van der Waals surface area contributed by atoms with Crippen molar-refractivity contribution >= 4 is 57.9 Å². The lowest BCUT2D eigenvalue weighted by Crippen LogP contribution is -2.22. The number of carboxylic acids is 1. The quantitative estimate of drug-likeness (QED) is 0.638. The van der Waals surface area contributed by atoms with Crippen LogP contribution in [-0.4, -0.2) is 33.3 Å². The molecule has 0 atom stereocenters. The molecule has 1 fully saturated rings.